The highest BCUT2D eigenvalue weighted by Crippen LogP contribution is 2.21. The van der Waals surface area contributed by atoms with Gasteiger partial charge in [0.1, 0.15) is 12.1 Å². The second-order valence-electron chi connectivity index (χ2n) is 4.64. The zero-order valence-electron chi connectivity index (χ0n) is 11.8. The summed E-state index contributed by atoms with van der Waals surface area (Å²) in [6.07, 6.45) is 4.17. The maximum Gasteiger partial charge on any atom is 0.283 e. The van der Waals surface area contributed by atoms with Crippen molar-refractivity contribution in [2.45, 2.75) is 0 Å². The number of aromatic nitrogens is 4. The van der Waals surface area contributed by atoms with Gasteiger partial charge in [-0.05, 0) is 12.1 Å². The molecule has 2 N–H and O–H groups in total. The number of benzene rings is 1. The summed E-state index contributed by atoms with van der Waals surface area (Å²) in [7, 11) is 0. The molecule has 1 aromatic carbocycles. The van der Waals surface area contributed by atoms with Crippen molar-refractivity contribution >= 4 is 29.2 Å². The van der Waals surface area contributed by atoms with Crippen LogP contribution < -0.4 is 5.32 Å². The van der Waals surface area contributed by atoms with Crippen LogP contribution in [-0.2, 0) is 0 Å². The molecule has 1 amide bonds. The van der Waals surface area contributed by atoms with Crippen LogP contribution in [0.3, 0.4) is 0 Å². The van der Waals surface area contributed by atoms with Crippen LogP contribution in [0.2, 0.25) is 5.02 Å². The Morgan fingerprint density at radius 3 is 2.67 bits per heavy atom. The first-order valence-corrected chi connectivity index (χ1v) is 6.87. The number of imidazole rings is 1. The lowest BCUT2D eigenvalue weighted by Crippen LogP contribution is -2.13. The van der Waals surface area contributed by atoms with Gasteiger partial charge in [-0.15, -0.1) is 0 Å². The third-order valence-corrected chi connectivity index (χ3v) is 3.35. The first kappa shape index (κ1) is 15.8. The van der Waals surface area contributed by atoms with Crippen LogP contribution in [-0.4, -0.2) is 31.6 Å². The second-order valence-corrected chi connectivity index (χ2v) is 5.05. The van der Waals surface area contributed by atoms with Crippen LogP contribution in [0.15, 0.2) is 36.9 Å². The molecule has 7 nitrogen and oxygen atoms in total. The van der Waals surface area contributed by atoms with E-state index >= 15 is 0 Å². The number of amides is 1. The number of nitrogens with zero attached hydrogens (tertiary/aromatic N) is 3. The van der Waals surface area contributed by atoms with Gasteiger partial charge >= 0.3 is 0 Å². The minimum atomic E-state index is -1.20. The SMILES string of the molecule is O=C(Nc1cc(C(=O)n2ccnc2)n[nH]1)c1cc(F)c(F)cc1Cl. The number of aromatic amines is 1. The van der Waals surface area contributed by atoms with E-state index in [0.29, 0.717) is 12.1 Å². The third kappa shape index (κ3) is 3.01. The third-order valence-electron chi connectivity index (χ3n) is 3.04. The van der Waals surface area contributed by atoms with Gasteiger partial charge in [0.05, 0.1) is 10.6 Å². The Hall–Kier alpha value is -3.07. The highest BCUT2D eigenvalue weighted by atomic mass is 35.5. The van der Waals surface area contributed by atoms with Crippen LogP contribution in [0.1, 0.15) is 20.8 Å². The molecule has 3 aromatic rings. The molecule has 0 saturated carbocycles. The largest absolute Gasteiger partial charge is 0.307 e. The molecule has 2 aromatic heterocycles. The zero-order chi connectivity index (χ0) is 17.3. The average molecular weight is 352 g/mol. The molecule has 0 atom stereocenters. The standard InChI is InChI=1S/C14H8ClF2N5O2/c15-8-4-10(17)9(16)3-7(8)13(23)19-12-5-11(20-21-12)14(24)22-2-1-18-6-22/h1-6H,(H2,19,20,21,23). The van der Waals surface area contributed by atoms with Crippen LogP contribution in [0.4, 0.5) is 14.6 Å². The molecule has 0 aliphatic rings. The summed E-state index contributed by atoms with van der Waals surface area (Å²) in [4.78, 5) is 27.8. The van der Waals surface area contributed by atoms with Crippen molar-refractivity contribution < 1.29 is 18.4 Å². The van der Waals surface area contributed by atoms with E-state index in [0.717, 1.165) is 0 Å². The number of rotatable bonds is 3. The normalized spacial score (nSPS) is 10.6. The number of hydrogen-bond donors (Lipinski definition) is 2. The minimum Gasteiger partial charge on any atom is -0.307 e. The van der Waals surface area contributed by atoms with E-state index in [1.165, 1.54) is 29.4 Å². The fourth-order valence-electron chi connectivity index (χ4n) is 1.89. The molecule has 0 fully saturated rings. The number of carbonyl (C=O) groups excluding carboxylic acids is 2. The van der Waals surface area contributed by atoms with Crippen LogP contribution >= 0.6 is 11.6 Å². The van der Waals surface area contributed by atoms with Crippen molar-refractivity contribution in [2.24, 2.45) is 0 Å². The molecule has 0 radical (unpaired) electrons. The van der Waals surface area contributed by atoms with Gasteiger partial charge in [-0.2, -0.15) is 5.10 Å². The van der Waals surface area contributed by atoms with Gasteiger partial charge in [-0.3, -0.25) is 19.3 Å². The number of nitrogens with one attached hydrogen (secondary N) is 2. The lowest BCUT2D eigenvalue weighted by Gasteiger charge is -2.05. The van der Waals surface area contributed by atoms with E-state index < -0.39 is 23.4 Å². The molecule has 2 heterocycles. The van der Waals surface area contributed by atoms with E-state index in [1.54, 1.807) is 0 Å². The van der Waals surface area contributed by atoms with Gasteiger partial charge in [0.15, 0.2) is 17.3 Å². The Labute approximate surface area is 138 Å². The smallest absolute Gasteiger partial charge is 0.283 e. The van der Waals surface area contributed by atoms with Crippen molar-refractivity contribution in [1.82, 2.24) is 19.7 Å². The summed E-state index contributed by atoms with van der Waals surface area (Å²) in [6.45, 7) is 0. The second kappa shape index (κ2) is 6.20. The molecule has 0 aliphatic carbocycles. The molecule has 0 saturated heterocycles. The maximum atomic E-state index is 13.2. The predicted octanol–water partition coefficient (Wildman–Crippen LogP) is 2.48. The van der Waals surface area contributed by atoms with Crippen molar-refractivity contribution in [3.05, 3.63) is 64.8 Å². The Kier molecular flexibility index (Phi) is 4.09. The summed E-state index contributed by atoms with van der Waals surface area (Å²) >= 11 is 5.73. The summed E-state index contributed by atoms with van der Waals surface area (Å²) in [5.74, 6) is -3.53. The van der Waals surface area contributed by atoms with Crippen molar-refractivity contribution in [3.8, 4) is 0 Å². The first-order chi connectivity index (χ1) is 11.5. The number of halogens is 3. The summed E-state index contributed by atoms with van der Waals surface area (Å²) in [6, 6.07) is 2.67. The van der Waals surface area contributed by atoms with E-state index in [4.69, 9.17) is 11.6 Å². The lowest BCUT2D eigenvalue weighted by molar-refractivity contribution is 0.0953. The molecule has 0 unspecified atom stereocenters. The molecule has 0 bridgehead atoms. The van der Waals surface area contributed by atoms with E-state index in [-0.39, 0.29) is 22.1 Å². The van der Waals surface area contributed by atoms with Gasteiger partial charge in [-0.1, -0.05) is 11.6 Å². The number of hydrogen-bond acceptors (Lipinski definition) is 4. The van der Waals surface area contributed by atoms with Crippen molar-refractivity contribution in [2.75, 3.05) is 5.32 Å². The fourth-order valence-corrected chi connectivity index (χ4v) is 2.13. The van der Waals surface area contributed by atoms with Crippen LogP contribution in [0, 0.1) is 11.6 Å². The van der Waals surface area contributed by atoms with Crippen LogP contribution in [0.25, 0.3) is 0 Å². The highest BCUT2D eigenvalue weighted by molar-refractivity contribution is 6.34. The Morgan fingerprint density at radius 2 is 1.96 bits per heavy atom. The Bertz CT molecular complexity index is 923. The van der Waals surface area contributed by atoms with E-state index in [2.05, 4.69) is 20.5 Å². The number of carbonyl (C=O) groups is 2. The van der Waals surface area contributed by atoms with Gasteiger partial charge in [-0.25, -0.2) is 13.8 Å². The highest BCUT2D eigenvalue weighted by Gasteiger charge is 2.17. The number of anilines is 1. The molecule has 3 rings (SSSR count). The molecular formula is C14H8ClF2N5O2. The monoisotopic (exact) mass is 351 g/mol. The Morgan fingerprint density at radius 1 is 1.21 bits per heavy atom. The molecule has 24 heavy (non-hydrogen) atoms. The average Bonchev–Trinajstić information content (AvgIpc) is 3.21. The molecule has 10 heteroatoms. The molecular weight excluding hydrogens is 344 g/mol. The fraction of sp³-hybridized carbons (Fsp3) is 0. The molecule has 0 aliphatic heterocycles. The number of H-pyrrole nitrogens is 1. The minimum absolute atomic E-state index is 0.0275. The van der Waals surface area contributed by atoms with Crippen LogP contribution in [0.5, 0.6) is 0 Å². The van der Waals surface area contributed by atoms with Crippen molar-refractivity contribution in [1.29, 1.82) is 0 Å². The predicted molar refractivity (Wildman–Crippen MR) is 79.9 cm³/mol. The van der Waals surface area contributed by atoms with Gasteiger partial charge in [0, 0.05) is 18.5 Å². The van der Waals surface area contributed by atoms with Crippen molar-refractivity contribution in [3.63, 3.8) is 0 Å². The van der Waals surface area contributed by atoms with E-state index in [9.17, 15) is 18.4 Å². The summed E-state index contributed by atoms with van der Waals surface area (Å²) < 4.78 is 27.5. The first-order valence-electron chi connectivity index (χ1n) is 6.49. The van der Waals surface area contributed by atoms with Gasteiger partial charge in [0.2, 0.25) is 0 Å². The van der Waals surface area contributed by atoms with E-state index in [1.807, 2.05) is 0 Å². The summed E-state index contributed by atoms with van der Waals surface area (Å²) in [5.41, 5.74) is -0.229. The lowest BCUT2D eigenvalue weighted by atomic mass is 10.2. The van der Waals surface area contributed by atoms with Gasteiger partial charge in [0.25, 0.3) is 11.8 Å². The molecule has 0 spiro atoms. The zero-order valence-corrected chi connectivity index (χ0v) is 12.5. The quantitative estimate of drug-likeness (QED) is 0.709. The molecule has 122 valence electrons. The Balaban J connectivity index is 1.79. The van der Waals surface area contributed by atoms with Gasteiger partial charge < -0.3 is 5.32 Å². The topological polar surface area (TPSA) is 92.7 Å². The summed E-state index contributed by atoms with van der Waals surface area (Å²) in [5, 5.41) is 8.32. The maximum absolute atomic E-state index is 13.2.